The zero-order chi connectivity index (χ0) is 11.1. The minimum atomic E-state index is -0.239. The van der Waals surface area contributed by atoms with E-state index in [-0.39, 0.29) is 5.82 Å². The first-order valence-corrected chi connectivity index (χ1v) is 4.70. The minimum Gasteiger partial charge on any atom is -0.211 e. The Hall–Kier alpha value is -1.73. The van der Waals surface area contributed by atoms with Crippen LogP contribution >= 0.6 is 0 Å². The summed E-state index contributed by atoms with van der Waals surface area (Å²) in [6.45, 7) is 2.39. The van der Waals surface area contributed by atoms with Gasteiger partial charge in [-0.05, 0) is 36.6 Å². The van der Waals surface area contributed by atoms with Gasteiger partial charge >= 0.3 is 0 Å². The Balaban J connectivity index is 2.63. The van der Waals surface area contributed by atoms with Gasteiger partial charge in [-0.2, -0.15) is 0 Å². The van der Waals surface area contributed by atoms with Crippen molar-refractivity contribution in [3.8, 4) is 0 Å². The van der Waals surface area contributed by atoms with Crippen molar-refractivity contribution < 1.29 is 9.18 Å². The van der Waals surface area contributed by atoms with Crippen LogP contribution in [-0.4, -0.2) is 12.6 Å². The molecule has 0 spiro atoms. The number of hydrogen-bond donors (Lipinski definition) is 0. The third kappa shape index (κ3) is 3.88. The average molecular weight is 205 g/mol. The van der Waals surface area contributed by atoms with E-state index in [9.17, 15) is 9.18 Å². The number of halogens is 1. The second kappa shape index (κ2) is 5.89. The maximum absolute atomic E-state index is 12.6. The number of carbonyl (C=O) groups excluding carboxylic acids is 1. The highest BCUT2D eigenvalue weighted by Crippen LogP contribution is 2.14. The van der Waals surface area contributed by atoms with Gasteiger partial charge in [-0.25, -0.2) is 14.2 Å². The molecule has 0 bridgehead atoms. The van der Waals surface area contributed by atoms with Gasteiger partial charge in [-0.15, -0.1) is 0 Å². The molecule has 0 aliphatic rings. The maximum Gasteiger partial charge on any atom is 0.234 e. The summed E-state index contributed by atoms with van der Waals surface area (Å²) < 4.78 is 12.6. The van der Waals surface area contributed by atoms with Gasteiger partial charge in [0.15, 0.2) is 0 Å². The molecule has 0 saturated heterocycles. The summed E-state index contributed by atoms with van der Waals surface area (Å²) in [5.41, 5.74) is 2.03. The average Bonchev–Trinajstić information content (AvgIpc) is 2.25. The highest BCUT2D eigenvalue weighted by molar-refractivity contribution is 5.63. The molecule has 2 nitrogen and oxygen atoms in total. The Kier molecular flexibility index (Phi) is 4.45. The van der Waals surface area contributed by atoms with E-state index in [0.717, 1.165) is 11.1 Å². The summed E-state index contributed by atoms with van der Waals surface area (Å²) in [6, 6.07) is 6.31. The molecule has 0 atom stereocenters. The predicted octanol–water partition coefficient (Wildman–Crippen LogP) is 2.95. The molecule has 78 valence electrons. The van der Waals surface area contributed by atoms with Crippen LogP contribution in [0.2, 0.25) is 0 Å². The van der Waals surface area contributed by atoms with E-state index in [2.05, 4.69) is 4.99 Å². The monoisotopic (exact) mass is 205 g/mol. The number of rotatable bonds is 4. The van der Waals surface area contributed by atoms with Crippen molar-refractivity contribution >= 4 is 11.7 Å². The zero-order valence-electron chi connectivity index (χ0n) is 8.53. The Bertz CT molecular complexity index is 389. The molecule has 15 heavy (non-hydrogen) atoms. The molecule has 0 unspecified atom stereocenters. The number of nitrogens with zero attached hydrogens (tertiary/aromatic N) is 1. The van der Waals surface area contributed by atoms with Gasteiger partial charge in [0.2, 0.25) is 6.08 Å². The van der Waals surface area contributed by atoms with Crippen LogP contribution in [0.25, 0.3) is 5.57 Å². The molecule has 3 heteroatoms. The van der Waals surface area contributed by atoms with Crippen molar-refractivity contribution in [1.29, 1.82) is 0 Å². The summed E-state index contributed by atoms with van der Waals surface area (Å²) in [7, 11) is 0. The first-order chi connectivity index (χ1) is 7.24. The molecule has 1 rings (SSSR count). The summed E-state index contributed by atoms with van der Waals surface area (Å²) in [5.74, 6) is -0.239. The Morgan fingerprint density at radius 1 is 1.47 bits per heavy atom. The van der Waals surface area contributed by atoms with Gasteiger partial charge in [0.25, 0.3) is 0 Å². The number of benzene rings is 1. The van der Waals surface area contributed by atoms with Crippen molar-refractivity contribution in [2.75, 3.05) is 6.54 Å². The molecule has 0 aromatic heterocycles. The van der Waals surface area contributed by atoms with Crippen molar-refractivity contribution in [2.45, 2.75) is 13.3 Å². The lowest BCUT2D eigenvalue weighted by Gasteiger charge is -2.00. The summed E-state index contributed by atoms with van der Waals surface area (Å²) in [6.07, 6.45) is 4.14. The third-order valence-electron chi connectivity index (χ3n) is 2.06. The number of aliphatic imine (C=N–C) groups is 1. The molecule has 1 aromatic carbocycles. The van der Waals surface area contributed by atoms with E-state index >= 15 is 0 Å². The summed E-state index contributed by atoms with van der Waals surface area (Å²) in [4.78, 5) is 13.2. The van der Waals surface area contributed by atoms with Crippen LogP contribution in [-0.2, 0) is 4.79 Å². The zero-order valence-corrected chi connectivity index (χ0v) is 8.53. The fourth-order valence-corrected chi connectivity index (χ4v) is 1.22. The van der Waals surface area contributed by atoms with Crippen molar-refractivity contribution in [3.63, 3.8) is 0 Å². The molecule has 1 aromatic rings. The first-order valence-electron chi connectivity index (χ1n) is 4.70. The topological polar surface area (TPSA) is 29.4 Å². The van der Waals surface area contributed by atoms with E-state index in [1.54, 1.807) is 12.1 Å². The van der Waals surface area contributed by atoms with E-state index in [1.807, 2.05) is 13.0 Å². The molecule has 0 aliphatic heterocycles. The SMILES string of the molecule is C/C(=C\CCN=C=O)c1ccc(F)cc1. The molecule has 0 aliphatic carbocycles. The van der Waals surface area contributed by atoms with E-state index in [0.29, 0.717) is 13.0 Å². The highest BCUT2D eigenvalue weighted by Gasteiger charge is 1.95. The van der Waals surface area contributed by atoms with Crippen LogP contribution < -0.4 is 0 Å². The molecular weight excluding hydrogens is 193 g/mol. The lowest BCUT2D eigenvalue weighted by Crippen LogP contribution is -1.82. The van der Waals surface area contributed by atoms with Crippen molar-refractivity contribution in [1.82, 2.24) is 0 Å². The smallest absolute Gasteiger partial charge is 0.211 e. The van der Waals surface area contributed by atoms with Crippen LogP contribution in [0.1, 0.15) is 18.9 Å². The largest absolute Gasteiger partial charge is 0.234 e. The first kappa shape index (κ1) is 11.3. The summed E-state index contributed by atoms with van der Waals surface area (Å²) in [5, 5.41) is 0. The second-order valence-electron chi connectivity index (χ2n) is 3.16. The van der Waals surface area contributed by atoms with Gasteiger partial charge < -0.3 is 0 Å². The Morgan fingerprint density at radius 2 is 2.13 bits per heavy atom. The van der Waals surface area contributed by atoms with Crippen LogP contribution in [0.15, 0.2) is 35.3 Å². The molecule has 0 fully saturated rings. The van der Waals surface area contributed by atoms with E-state index < -0.39 is 0 Å². The van der Waals surface area contributed by atoms with E-state index in [1.165, 1.54) is 18.2 Å². The predicted molar refractivity (Wildman–Crippen MR) is 57.7 cm³/mol. The number of hydrogen-bond acceptors (Lipinski definition) is 2. The lowest BCUT2D eigenvalue weighted by atomic mass is 10.1. The quantitative estimate of drug-likeness (QED) is 0.422. The van der Waals surface area contributed by atoms with Gasteiger partial charge in [-0.1, -0.05) is 18.2 Å². The van der Waals surface area contributed by atoms with Crippen molar-refractivity contribution in [2.24, 2.45) is 4.99 Å². The fourth-order valence-electron chi connectivity index (χ4n) is 1.22. The molecule has 0 radical (unpaired) electrons. The van der Waals surface area contributed by atoms with Gasteiger partial charge in [0, 0.05) is 0 Å². The van der Waals surface area contributed by atoms with Crippen LogP contribution in [0.5, 0.6) is 0 Å². The standard InChI is InChI=1S/C12H12FNO/c1-10(3-2-8-14-9-15)11-4-6-12(13)7-5-11/h3-7H,2,8H2,1H3/b10-3+. The molecule has 0 amide bonds. The normalized spacial score (nSPS) is 10.9. The van der Waals surface area contributed by atoms with Crippen molar-refractivity contribution in [3.05, 3.63) is 41.7 Å². The fraction of sp³-hybridized carbons (Fsp3) is 0.250. The molecule has 0 saturated carbocycles. The maximum atomic E-state index is 12.6. The third-order valence-corrected chi connectivity index (χ3v) is 2.06. The van der Waals surface area contributed by atoms with Crippen LogP contribution in [0.3, 0.4) is 0 Å². The van der Waals surface area contributed by atoms with Crippen LogP contribution in [0.4, 0.5) is 4.39 Å². The van der Waals surface area contributed by atoms with E-state index in [4.69, 9.17) is 0 Å². The van der Waals surface area contributed by atoms with Gasteiger partial charge in [-0.3, -0.25) is 0 Å². The summed E-state index contributed by atoms with van der Waals surface area (Å²) >= 11 is 0. The lowest BCUT2D eigenvalue weighted by molar-refractivity contribution is 0.563. The van der Waals surface area contributed by atoms with Gasteiger partial charge in [0.1, 0.15) is 5.82 Å². The van der Waals surface area contributed by atoms with Gasteiger partial charge in [0.05, 0.1) is 6.54 Å². The second-order valence-corrected chi connectivity index (χ2v) is 3.16. The van der Waals surface area contributed by atoms with Crippen LogP contribution in [0, 0.1) is 5.82 Å². The molecular formula is C12H12FNO. The molecule has 0 heterocycles. The molecule has 0 N–H and O–H groups in total. The highest BCUT2D eigenvalue weighted by atomic mass is 19.1. The minimum absolute atomic E-state index is 0.239. The Labute approximate surface area is 88.2 Å². The number of allylic oxidation sites excluding steroid dienone is 1. The number of isocyanates is 1. The Morgan fingerprint density at radius 3 is 2.73 bits per heavy atom.